The van der Waals surface area contributed by atoms with Gasteiger partial charge in [0.15, 0.2) is 0 Å². The van der Waals surface area contributed by atoms with Gasteiger partial charge in [-0.05, 0) is 17.7 Å². The van der Waals surface area contributed by atoms with E-state index in [2.05, 4.69) is 0 Å². The van der Waals surface area contributed by atoms with Crippen molar-refractivity contribution in [2.75, 3.05) is 0 Å². The van der Waals surface area contributed by atoms with Gasteiger partial charge in [-0.15, -0.1) is 0 Å². The number of hydrogen-bond donors (Lipinski definition) is 5. The van der Waals surface area contributed by atoms with Gasteiger partial charge in [0.25, 0.3) is 0 Å². The van der Waals surface area contributed by atoms with Crippen LogP contribution in [0.2, 0.25) is 0 Å². The van der Waals surface area contributed by atoms with Crippen LogP contribution in [0.4, 0.5) is 0 Å². The molecule has 0 saturated heterocycles. The van der Waals surface area contributed by atoms with Crippen LogP contribution in [0, 0.1) is 0 Å². The van der Waals surface area contributed by atoms with E-state index in [1.165, 1.54) is 24.3 Å². The van der Waals surface area contributed by atoms with Gasteiger partial charge in [0.05, 0.1) is 0 Å². The van der Waals surface area contributed by atoms with E-state index in [9.17, 15) is 15.0 Å². The van der Waals surface area contributed by atoms with Gasteiger partial charge in [-0.2, -0.15) is 0 Å². The number of aromatic hydroxyl groups is 1. The number of carbonyl (C=O) groups is 1. The maximum atomic E-state index is 10.5. The lowest BCUT2D eigenvalue weighted by molar-refractivity contribution is -0.143. The normalized spacial score (nSPS) is 16.4. The van der Waals surface area contributed by atoms with Gasteiger partial charge in [-0.25, -0.2) is 0 Å². The summed E-state index contributed by atoms with van der Waals surface area (Å²) in [7, 11) is 0. The zero-order valence-electron chi connectivity index (χ0n) is 8.32. The first-order chi connectivity index (χ1) is 7.43. The third kappa shape index (κ3) is 2.69. The van der Waals surface area contributed by atoms with Crippen molar-refractivity contribution in [2.45, 2.75) is 18.2 Å². The summed E-state index contributed by atoms with van der Waals surface area (Å²) < 4.78 is 0. The van der Waals surface area contributed by atoms with Crippen LogP contribution in [0.3, 0.4) is 0 Å². The average Bonchev–Trinajstić information content (AvgIpc) is 2.27. The van der Waals surface area contributed by atoms with E-state index in [1.54, 1.807) is 0 Å². The monoisotopic (exact) mass is 227 g/mol. The molecule has 0 radical (unpaired) electrons. The highest BCUT2D eigenvalue weighted by Crippen LogP contribution is 2.20. The molecule has 88 valence electrons. The van der Waals surface area contributed by atoms with E-state index in [0.717, 1.165) is 0 Å². The summed E-state index contributed by atoms with van der Waals surface area (Å²) in [5.41, 5.74) is 5.45. The predicted molar refractivity (Wildman–Crippen MR) is 54.7 cm³/mol. The number of carboxylic acids is 1. The number of benzene rings is 1. The first-order valence-electron chi connectivity index (χ1n) is 4.57. The Bertz CT molecular complexity index is 364. The molecule has 0 aromatic heterocycles. The molecule has 1 rings (SSSR count). The minimum atomic E-state index is -1.61. The molecule has 0 heterocycles. The second-order valence-electron chi connectivity index (χ2n) is 3.39. The fraction of sp³-hybridized carbons (Fsp3) is 0.300. The van der Waals surface area contributed by atoms with Crippen LogP contribution < -0.4 is 5.73 Å². The van der Waals surface area contributed by atoms with E-state index in [-0.39, 0.29) is 11.3 Å². The van der Waals surface area contributed by atoms with Gasteiger partial charge >= 0.3 is 5.97 Å². The second-order valence-corrected chi connectivity index (χ2v) is 3.39. The number of rotatable bonds is 4. The van der Waals surface area contributed by atoms with Crippen LogP contribution in [0.15, 0.2) is 24.3 Å². The molecule has 16 heavy (non-hydrogen) atoms. The van der Waals surface area contributed by atoms with Crippen molar-refractivity contribution >= 4 is 5.97 Å². The van der Waals surface area contributed by atoms with Crippen LogP contribution in [0.5, 0.6) is 5.75 Å². The largest absolute Gasteiger partial charge is 0.508 e. The highest BCUT2D eigenvalue weighted by Gasteiger charge is 2.29. The van der Waals surface area contributed by atoms with E-state index < -0.39 is 24.2 Å². The Morgan fingerprint density at radius 1 is 1.19 bits per heavy atom. The molecule has 3 unspecified atom stereocenters. The lowest BCUT2D eigenvalue weighted by Crippen LogP contribution is -2.44. The fourth-order valence-electron chi connectivity index (χ4n) is 1.21. The lowest BCUT2D eigenvalue weighted by Gasteiger charge is -2.21. The molecule has 0 bridgehead atoms. The van der Waals surface area contributed by atoms with E-state index in [1.807, 2.05) is 0 Å². The summed E-state index contributed by atoms with van der Waals surface area (Å²) in [4.78, 5) is 10.5. The van der Waals surface area contributed by atoms with Crippen molar-refractivity contribution in [3.05, 3.63) is 29.8 Å². The topological polar surface area (TPSA) is 124 Å². The van der Waals surface area contributed by atoms with Crippen molar-refractivity contribution in [1.29, 1.82) is 0 Å². The van der Waals surface area contributed by atoms with Crippen LogP contribution in [0.1, 0.15) is 11.7 Å². The Hall–Kier alpha value is -1.63. The summed E-state index contributed by atoms with van der Waals surface area (Å²) in [6.45, 7) is 0. The number of phenols is 1. The number of phenolic OH excluding ortho intramolecular Hbond substituents is 1. The molecule has 0 amide bonds. The van der Waals surface area contributed by atoms with Crippen LogP contribution in [-0.4, -0.2) is 38.5 Å². The Morgan fingerprint density at radius 2 is 1.69 bits per heavy atom. The van der Waals surface area contributed by atoms with Crippen molar-refractivity contribution in [1.82, 2.24) is 0 Å². The Morgan fingerprint density at radius 3 is 2.12 bits per heavy atom. The summed E-state index contributed by atoms with van der Waals surface area (Å²) in [6.07, 6.45) is -3.02. The van der Waals surface area contributed by atoms with Gasteiger partial charge in [0.2, 0.25) is 0 Å². The number of aliphatic hydroxyl groups excluding tert-OH is 2. The standard InChI is InChI=1S/C10H13NO5/c11-7(10(15)16)9(14)8(13)5-1-3-6(12)4-2-5/h1-4,7-9,12-14H,11H2,(H,15,16). The molecule has 1 aromatic carbocycles. The third-order valence-corrected chi connectivity index (χ3v) is 2.21. The second kappa shape index (κ2) is 4.93. The molecule has 0 spiro atoms. The lowest BCUT2D eigenvalue weighted by atomic mass is 9.99. The summed E-state index contributed by atoms with van der Waals surface area (Å²) in [5, 5.41) is 36.7. The van der Waals surface area contributed by atoms with Crippen molar-refractivity contribution in [3.8, 4) is 5.75 Å². The zero-order valence-corrected chi connectivity index (χ0v) is 8.32. The highest BCUT2D eigenvalue weighted by molar-refractivity contribution is 5.74. The van der Waals surface area contributed by atoms with Crippen LogP contribution in [-0.2, 0) is 4.79 Å². The SMILES string of the molecule is NC(C(=O)O)C(O)C(O)c1ccc(O)cc1. The summed E-state index contributed by atoms with van der Waals surface area (Å²) in [5.74, 6) is -1.39. The van der Waals surface area contributed by atoms with Gasteiger partial charge in [0, 0.05) is 0 Å². The number of carboxylic acid groups (broad SMARTS) is 1. The average molecular weight is 227 g/mol. The van der Waals surface area contributed by atoms with Crippen LogP contribution in [0.25, 0.3) is 0 Å². The Kier molecular flexibility index (Phi) is 3.83. The van der Waals surface area contributed by atoms with Gasteiger partial charge in [0.1, 0.15) is 24.0 Å². The third-order valence-electron chi connectivity index (χ3n) is 2.21. The smallest absolute Gasteiger partial charge is 0.323 e. The van der Waals surface area contributed by atoms with Crippen molar-refractivity contribution < 1.29 is 25.2 Å². The summed E-state index contributed by atoms with van der Waals surface area (Å²) >= 11 is 0. The molecular weight excluding hydrogens is 214 g/mol. The van der Waals surface area contributed by atoms with Gasteiger partial charge in [-0.1, -0.05) is 12.1 Å². The summed E-state index contributed by atoms with van der Waals surface area (Å²) in [6, 6.07) is 3.81. The van der Waals surface area contributed by atoms with E-state index in [0.29, 0.717) is 0 Å². The van der Waals surface area contributed by atoms with Crippen molar-refractivity contribution in [3.63, 3.8) is 0 Å². The van der Waals surface area contributed by atoms with Gasteiger partial charge < -0.3 is 26.2 Å². The molecular formula is C10H13NO5. The molecule has 0 saturated carbocycles. The molecule has 6 heteroatoms. The Labute approximate surface area is 91.6 Å². The first-order valence-corrected chi connectivity index (χ1v) is 4.57. The number of aliphatic carboxylic acids is 1. The highest BCUT2D eigenvalue weighted by atomic mass is 16.4. The fourth-order valence-corrected chi connectivity index (χ4v) is 1.21. The molecule has 0 fully saturated rings. The molecule has 6 N–H and O–H groups in total. The van der Waals surface area contributed by atoms with Gasteiger partial charge in [-0.3, -0.25) is 4.79 Å². The van der Waals surface area contributed by atoms with Crippen molar-refractivity contribution in [2.24, 2.45) is 5.73 Å². The quantitative estimate of drug-likeness (QED) is 0.458. The Balaban J connectivity index is 2.81. The minimum Gasteiger partial charge on any atom is -0.508 e. The molecule has 1 aromatic rings. The van der Waals surface area contributed by atoms with Crippen LogP contribution >= 0.6 is 0 Å². The molecule has 0 aliphatic heterocycles. The number of aliphatic hydroxyl groups is 2. The molecule has 6 nitrogen and oxygen atoms in total. The molecule has 0 aliphatic rings. The molecule has 3 atom stereocenters. The maximum Gasteiger partial charge on any atom is 0.323 e. The van der Waals surface area contributed by atoms with E-state index >= 15 is 0 Å². The minimum absolute atomic E-state index is 0.00738. The first kappa shape index (κ1) is 12.4. The zero-order chi connectivity index (χ0) is 12.3. The van der Waals surface area contributed by atoms with E-state index in [4.69, 9.17) is 15.9 Å². The number of hydrogen-bond acceptors (Lipinski definition) is 5. The maximum absolute atomic E-state index is 10.5. The molecule has 0 aliphatic carbocycles. The number of nitrogens with two attached hydrogens (primary N) is 1. The predicted octanol–water partition coefficient (Wildman–Crippen LogP) is -0.802.